The summed E-state index contributed by atoms with van der Waals surface area (Å²) in [6, 6.07) is 5.52. The van der Waals surface area contributed by atoms with Crippen molar-refractivity contribution in [2.24, 2.45) is 10.9 Å². The molecule has 0 spiro atoms. The van der Waals surface area contributed by atoms with Gasteiger partial charge in [0.25, 0.3) is 10.0 Å². The number of sulfonamides is 1. The fraction of sp³-hybridized carbons (Fsp3) is 0.500. The lowest BCUT2D eigenvalue weighted by atomic mass is 9.99. The first-order chi connectivity index (χ1) is 9.99. The Morgan fingerprint density at radius 3 is 2.67 bits per heavy atom. The van der Waals surface area contributed by atoms with E-state index in [1.54, 1.807) is 13.1 Å². The summed E-state index contributed by atoms with van der Waals surface area (Å²) in [7, 11) is -2.00. The lowest BCUT2D eigenvalue weighted by Gasteiger charge is -2.33. The van der Waals surface area contributed by atoms with E-state index in [1.807, 2.05) is 12.1 Å². The summed E-state index contributed by atoms with van der Waals surface area (Å²) in [5, 5.41) is 2.98. The molecule has 2 aliphatic rings. The van der Waals surface area contributed by atoms with E-state index in [-0.39, 0.29) is 10.9 Å². The van der Waals surface area contributed by atoms with Gasteiger partial charge in [-0.25, -0.2) is 13.1 Å². The van der Waals surface area contributed by atoms with Crippen molar-refractivity contribution in [3.63, 3.8) is 0 Å². The number of benzene rings is 1. The van der Waals surface area contributed by atoms with Crippen LogP contribution in [0.15, 0.2) is 28.1 Å². The predicted molar refractivity (Wildman–Crippen MR) is 84.4 cm³/mol. The highest BCUT2D eigenvalue weighted by Crippen LogP contribution is 2.31. The normalized spacial score (nSPS) is 23.3. The lowest BCUT2D eigenvalue weighted by Crippen LogP contribution is -2.41. The predicted octanol–water partition coefficient (Wildman–Crippen LogP) is 1.61. The number of piperidine rings is 1. The molecule has 2 aliphatic heterocycles. The molecule has 0 radical (unpaired) electrons. The first kappa shape index (κ1) is 14.2. The smallest absolute Gasteiger partial charge is 0.266 e. The Balaban J connectivity index is 1.95. The van der Waals surface area contributed by atoms with Crippen LogP contribution in [0.25, 0.3) is 0 Å². The highest BCUT2D eigenvalue weighted by atomic mass is 32.2. The third-order valence-corrected chi connectivity index (χ3v) is 5.49. The minimum absolute atomic E-state index is 0.252. The summed E-state index contributed by atoms with van der Waals surface area (Å²) in [6.07, 6.45) is 2.29. The van der Waals surface area contributed by atoms with Gasteiger partial charge in [0.2, 0.25) is 5.96 Å². The third kappa shape index (κ3) is 2.70. The summed E-state index contributed by atoms with van der Waals surface area (Å²) >= 11 is 0. The van der Waals surface area contributed by atoms with Crippen LogP contribution < -0.4 is 14.9 Å². The Hall–Kier alpha value is -1.76. The van der Waals surface area contributed by atoms with Crippen LogP contribution in [-0.2, 0) is 10.0 Å². The molecule has 1 aromatic carbocycles. The Labute approximate surface area is 125 Å². The molecule has 114 valence electrons. The minimum Gasteiger partial charge on any atom is -0.371 e. The molecule has 0 atom stereocenters. The zero-order valence-electron chi connectivity index (χ0n) is 12.3. The molecule has 0 unspecified atom stereocenters. The highest BCUT2D eigenvalue weighted by Gasteiger charge is 2.27. The summed E-state index contributed by atoms with van der Waals surface area (Å²) in [4.78, 5) is 6.40. The highest BCUT2D eigenvalue weighted by molar-refractivity contribution is 7.90. The van der Waals surface area contributed by atoms with Gasteiger partial charge in [0.1, 0.15) is 4.90 Å². The number of hydrogen-bond acceptors (Lipinski definition) is 4. The van der Waals surface area contributed by atoms with E-state index in [1.165, 1.54) is 0 Å². The van der Waals surface area contributed by atoms with E-state index in [9.17, 15) is 8.42 Å². The van der Waals surface area contributed by atoms with E-state index < -0.39 is 10.0 Å². The molecule has 0 aromatic heterocycles. The first-order valence-corrected chi connectivity index (χ1v) is 8.63. The molecule has 1 aromatic rings. The molecule has 6 nitrogen and oxygen atoms in total. The molecule has 0 aliphatic carbocycles. The Kier molecular flexibility index (Phi) is 3.52. The van der Waals surface area contributed by atoms with Gasteiger partial charge in [0.15, 0.2) is 0 Å². The van der Waals surface area contributed by atoms with E-state index in [0.717, 1.165) is 37.5 Å². The monoisotopic (exact) mass is 308 g/mol. The van der Waals surface area contributed by atoms with Crippen molar-refractivity contribution in [1.82, 2.24) is 4.72 Å². The molecule has 21 heavy (non-hydrogen) atoms. The number of guanidine groups is 1. The number of nitrogens with zero attached hydrogens (tertiary/aromatic N) is 2. The summed E-state index contributed by atoms with van der Waals surface area (Å²) in [5.74, 6) is 0.997. The van der Waals surface area contributed by atoms with Crippen molar-refractivity contribution in [3.8, 4) is 0 Å². The summed E-state index contributed by atoms with van der Waals surface area (Å²) < 4.78 is 27.0. The van der Waals surface area contributed by atoms with Crippen molar-refractivity contribution in [1.29, 1.82) is 0 Å². The second-order valence-electron chi connectivity index (χ2n) is 5.65. The lowest BCUT2D eigenvalue weighted by molar-refractivity contribution is 0.438. The standard InChI is InChI=1S/C14H20N4O2S/c1-10-5-7-18(8-6-10)11-3-4-12-13(9-11)21(19,20)17-14(15-2)16-12/h3-4,9-10H,5-8H2,1-2H3,(H2,15,16,17). The zero-order valence-corrected chi connectivity index (χ0v) is 13.1. The Morgan fingerprint density at radius 1 is 1.29 bits per heavy atom. The van der Waals surface area contributed by atoms with E-state index in [2.05, 4.69) is 26.9 Å². The molecule has 2 heterocycles. The largest absolute Gasteiger partial charge is 0.371 e. The fourth-order valence-corrected chi connectivity index (χ4v) is 3.93. The van der Waals surface area contributed by atoms with Crippen molar-refractivity contribution >= 4 is 27.4 Å². The molecule has 0 bridgehead atoms. The van der Waals surface area contributed by atoms with Gasteiger partial charge in [-0.3, -0.25) is 4.99 Å². The van der Waals surface area contributed by atoms with Crippen LogP contribution in [0.2, 0.25) is 0 Å². The van der Waals surface area contributed by atoms with Crippen molar-refractivity contribution in [2.45, 2.75) is 24.7 Å². The molecular weight excluding hydrogens is 288 g/mol. The van der Waals surface area contributed by atoms with Crippen molar-refractivity contribution < 1.29 is 8.42 Å². The number of rotatable bonds is 1. The molecule has 0 saturated carbocycles. The molecule has 1 saturated heterocycles. The van der Waals surface area contributed by atoms with Crippen molar-refractivity contribution in [2.75, 3.05) is 30.4 Å². The van der Waals surface area contributed by atoms with Crippen LogP contribution in [0.5, 0.6) is 0 Å². The molecule has 3 rings (SSSR count). The van der Waals surface area contributed by atoms with Crippen LogP contribution in [0.3, 0.4) is 0 Å². The van der Waals surface area contributed by atoms with Gasteiger partial charge in [-0.15, -0.1) is 0 Å². The minimum atomic E-state index is -3.55. The van der Waals surface area contributed by atoms with Crippen LogP contribution in [0.1, 0.15) is 19.8 Å². The summed E-state index contributed by atoms with van der Waals surface area (Å²) in [5.41, 5.74) is 1.54. The van der Waals surface area contributed by atoms with Crippen LogP contribution in [-0.4, -0.2) is 34.5 Å². The van der Waals surface area contributed by atoms with Gasteiger partial charge in [0, 0.05) is 25.8 Å². The maximum Gasteiger partial charge on any atom is 0.266 e. The average molecular weight is 308 g/mol. The molecule has 2 N–H and O–H groups in total. The molecule has 0 amide bonds. The van der Waals surface area contributed by atoms with Crippen LogP contribution >= 0.6 is 0 Å². The molecule has 7 heteroatoms. The quantitative estimate of drug-likeness (QED) is 0.826. The van der Waals surface area contributed by atoms with Gasteiger partial charge in [-0.2, -0.15) is 0 Å². The SMILES string of the molecule is CN=C1Nc2ccc(N3CCC(C)CC3)cc2S(=O)(=O)N1. The maximum atomic E-state index is 12.3. The van der Waals surface area contributed by atoms with Gasteiger partial charge < -0.3 is 10.2 Å². The number of anilines is 2. The second-order valence-corrected chi connectivity index (χ2v) is 7.30. The van der Waals surface area contributed by atoms with Crippen LogP contribution in [0, 0.1) is 5.92 Å². The van der Waals surface area contributed by atoms with E-state index in [4.69, 9.17) is 0 Å². The fourth-order valence-electron chi connectivity index (χ4n) is 2.74. The zero-order chi connectivity index (χ0) is 15.0. The summed E-state index contributed by atoms with van der Waals surface area (Å²) in [6.45, 7) is 4.21. The Bertz CT molecular complexity index is 676. The van der Waals surface area contributed by atoms with Crippen molar-refractivity contribution in [3.05, 3.63) is 18.2 Å². The van der Waals surface area contributed by atoms with Gasteiger partial charge in [0.05, 0.1) is 5.69 Å². The van der Waals surface area contributed by atoms with E-state index in [0.29, 0.717) is 5.69 Å². The Morgan fingerprint density at radius 2 is 2.00 bits per heavy atom. The average Bonchev–Trinajstić information content (AvgIpc) is 2.47. The van der Waals surface area contributed by atoms with Gasteiger partial charge in [-0.05, 0) is 37.0 Å². The number of aliphatic imine (C=N–C) groups is 1. The second kappa shape index (κ2) is 5.22. The number of nitrogens with one attached hydrogen (secondary N) is 2. The van der Waals surface area contributed by atoms with Gasteiger partial charge >= 0.3 is 0 Å². The van der Waals surface area contributed by atoms with Gasteiger partial charge in [-0.1, -0.05) is 6.92 Å². The number of hydrogen-bond donors (Lipinski definition) is 2. The topological polar surface area (TPSA) is 73.8 Å². The molecule has 1 fully saturated rings. The first-order valence-electron chi connectivity index (χ1n) is 7.15. The third-order valence-electron chi connectivity index (χ3n) is 4.11. The van der Waals surface area contributed by atoms with E-state index >= 15 is 0 Å². The van der Waals surface area contributed by atoms with Crippen LogP contribution in [0.4, 0.5) is 11.4 Å². The maximum absolute atomic E-state index is 12.3. The number of fused-ring (bicyclic) bond motifs is 1. The molecular formula is C14H20N4O2S.